The molecule has 5 heteroatoms. The van der Waals surface area contributed by atoms with Gasteiger partial charge in [0.1, 0.15) is 0 Å². The first-order valence-corrected chi connectivity index (χ1v) is 5.95. The number of amides is 1. The Morgan fingerprint density at radius 2 is 1.94 bits per heavy atom. The number of hydrogen-bond acceptors (Lipinski definition) is 2. The second-order valence-electron chi connectivity index (χ2n) is 4.10. The summed E-state index contributed by atoms with van der Waals surface area (Å²) in [4.78, 5) is 23.0. The van der Waals surface area contributed by atoms with Crippen LogP contribution in [0.5, 0.6) is 0 Å². The van der Waals surface area contributed by atoms with Crippen LogP contribution in [0.15, 0.2) is 30.4 Å². The number of benzene rings is 1. The van der Waals surface area contributed by atoms with E-state index in [1.54, 1.807) is 12.1 Å². The van der Waals surface area contributed by atoms with Gasteiger partial charge in [-0.2, -0.15) is 0 Å². The molecule has 2 rings (SSSR count). The van der Waals surface area contributed by atoms with E-state index in [4.69, 9.17) is 16.7 Å². The molecule has 1 aliphatic carbocycles. The molecule has 0 atom stereocenters. The van der Waals surface area contributed by atoms with Crippen molar-refractivity contribution in [1.29, 1.82) is 0 Å². The summed E-state index contributed by atoms with van der Waals surface area (Å²) in [5.41, 5.74) is 0.172. The summed E-state index contributed by atoms with van der Waals surface area (Å²) in [7, 11) is 0. The van der Waals surface area contributed by atoms with Crippen LogP contribution < -0.4 is 5.32 Å². The Morgan fingerprint density at radius 3 is 2.56 bits per heavy atom. The third-order valence-corrected chi connectivity index (χ3v) is 3.19. The van der Waals surface area contributed by atoms with Gasteiger partial charge in [0.25, 0.3) is 0 Å². The summed E-state index contributed by atoms with van der Waals surface area (Å²) >= 11 is 5.93. The normalized spacial score (nSPS) is 14.7. The molecule has 1 aliphatic rings. The Balaban J connectivity index is 2.22. The molecule has 0 aromatic heterocycles. The number of carboxylic acids is 1. The lowest BCUT2D eigenvalue weighted by Crippen LogP contribution is -2.22. The highest BCUT2D eigenvalue weighted by atomic mass is 35.5. The zero-order valence-corrected chi connectivity index (χ0v) is 10.3. The monoisotopic (exact) mass is 265 g/mol. The maximum Gasteiger partial charge on any atom is 0.337 e. The quantitative estimate of drug-likeness (QED) is 0.826. The number of carboxylic acid groups (broad SMARTS) is 1. The molecule has 4 nitrogen and oxygen atoms in total. The average molecular weight is 266 g/mol. The highest BCUT2D eigenvalue weighted by molar-refractivity contribution is 6.34. The van der Waals surface area contributed by atoms with E-state index in [0.717, 1.165) is 0 Å². The SMILES string of the molecule is O=C(O)c1cccc(Cl)c1NC(=O)C1CC=CC1. The summed E-state index contributed by atoms with van der Waals surface area (Å²) in [6.07, 6.45) is 5.24. The van der Waals surface area contributed by atoms with Crippen LogP contribution in [-0.4, -0.2) is 17.0 Å². The van der Waals surface area contributed by atoms with Crippen molar-refractivity contribution in [3.05, 3.63) is 40.9 Å². The van der Waals surface area contributed by atoms with Gasteiger partial charge in [-0.05, 0) is 25.0 Å². The zero-order valence-electron chi connectivity index (χ0n) is 9.52. The van der Waals surface area contributed by atoms with E-state index in [-0.39, 0.29) is 28.1 Å². The molecule has 0 aliphatic heterocycles. The number of rotatable bonds is 3. The van der Waals surface area contributed by atoms with E-state index < -0.39 is 5.97 Å². The van der Waals surface area contributed by atoms with E-state index in [1.807, 2.05) is 12.2 Å². The van der Waals surface area contributed by atoms with Gasteiger partial charge in [0.15, 0.2) is 0 Å². The molecule has 0 spiro atoms. The third kappa shape index (κ3) is 2.54. The average Bonchev–Trinajstić information content (AvgIpc) is 2.85. The Bertz CT molecular complexity index is 517. The molecular weight excluding hydrogens is 254 g/mol. The van der Waals surface area contributed by atoms with E-state index in [0.29, 0.717) is 12.8 Å². The molecule has 0 heterocycles. The smallest absolute Gasteiger partial charge is 0.337 e. The number of hydrogen-bond donors (Lipinski definition) is 2. The Hall–Kier alpha value is -1.81. The number of allylic oxidation sites excluding steroid dienone is 2. The summed E-state index contributed by atoms with van der Waals surface area (Å²) < 4.78 is 0. The number of carbonyl (C=O) groups excluding carboxylic acids is 1. The van der Waals surface area contributed by atoms with Gasteiger partial charge >= 0.3 is 5.97 Å². The second kappa shape index (κ2) is 5.23. The summed E-state index contributed by atoms with van der Waals surface area (Å²) in [5.74, 6) is -1.45. The van der Waals surface area contributed by atoms with Crippen molar-refractivity contribution in [2.75, 3.05) is 5.32 Å². The molecule has 94 valence electrons. The molecule has 0 radical (unpaired) electrons. The van der Waals surface area contributed by atoms with Crippen LogP contribution >= 0.6 is 11.6 Å². The second-order valence-corrected chi connectivity index (χ2v) is 4.50. The zero-order chi connectivity index (χ0) is 13.1. The summed E-state index contributed by atoms with van der Waals surface area (Å²) in [5, 5.41) is 11.9. The van der Waals surface area contributed by atoms with Crippen molar-refractivity contribution in [1.82, 2.24) is 0 Å². The van der Waals surface area contributed by atoms with Crippen molar-refractivity contribution in [3.63, 3.8) is 0 Å². The van der Waals surface area contributed by atoms with Crippen molar-refractivity contribution in [2.45, 2.75) is 12.8 Å². The molecule has 1 aromatic carbocycles. The molecule has 18 heavy (non-hydrogen) atoms. The molecule has 0 fully saturated rings. The first kappa shape index (κ1) is 12.6. The van der Waals surface area contributed by atoms with Crippen LogP contribution in [0.4, 0.5) is 5.69 Å². The van der Waals surface area contributed by atoms with Crippen LogP contribution in [-0.2, 0) is 4.79 Å². The molecule has 0 saturated heterocycles. The maximum absolute atomic E-state index is 11.9. The van der Waals surface area contributed by atoms with Gasteiger partial charge in [-0.3, -0.25) is 4.79 Å². The van der Waals surface area contributed by atoms with Crippen molar-refractivity contribution in [2.24, 2.45) is 5.92 Å². The predicted molar refractivity (Wildman–Crippen MR) is 68.9 cm³/mol. The van der Waals surface area contributed by atoms with Crippen molar-refractivity contribution in [3.8, 4) is 0 Å². The minimum atomic E-state index is -1.11. The first-order valence-electron chi connectivity index (χ1n) is 5.57. The molecule has 1 amide bonds. The topological polar surface area (TPSA) is 66.4 Å². The fourth-order valence-electron chi connectivity index (χ4n) is 1.89. The largest absolute Gasteiger partial charge is 0.478 e. The van der Waals surface area contributed by atoms with Crippen molar-refractivity contribution < 1.29 is 14.7 Å². The maximum atomic E-state index is 11.9. The van der Waals surface area contributed by atoms with Gasteiger partial charge in [-0.25, -0.2) is 4.79 Å². The van der Waals surface area contributed by atoms with E-state index >= 15 is 0 Å². The summed E-state index contributed by atoms with van der Waals surface area (Å²) in [6.45, 7) is 0. The van der Waals surface area contributed by atoms with E-state index in [9.17, 15) is 9.59 Å². The van der Waals surface area contributed by atoms with Crippen LogP contribution in [0.3, 0.4) is 0 Å². The van der Waals surface area contributed by atoms with Crippen LogP contribution in [0.25, 0.3) is 0 Å². The lowest BCUT2D eigenvalue weighted by molar-refractivity contribution is -0.119. The number of carbonyl (C=O) groups is 2. The molecule has 0 unspecified atom stereocenters. The van der Waals surface area contributed by atoms with Gasteiger partial charge in [0.2, 0.25) is 5.91 Å². The van der Waals surface area contributed by atoms with Gasteiger partial charge in [-0.15, -0.1) is 0 Å². The number of para-hydroxylation sites is 1. The highest BCUT2D eigenvalue weighted by Gasteiger charge is 2.22. The van der Waals surface area contributed by atoms with E-state index in [2.05, 4.69) is 5.32 Å². The number of aromatic carboxylic acids is 1. The Labute approximate surface area is 109 Å². The summed E-state index contributed by atoms with van der Waals surface area (Å²) in [6, 6.07) is 4.51. The molecule has 0 bridgehead atoms. The van der Waals surface area contributed by atoms with Gasteiger partial charge < -0.3 is 10.4 Å². The minimum absolute atomic E-state index is 0.00167. The molecule has 0 saturated carbocycles. The fraction of sp³-hybridized carbons (Fsp3) is 0.231. The van der Waals surface area contributed by atoms with Gasteiger partial charge in [0.05, 0.1) is 16.3 Å². The molecular formula is C13H12ClNO3. The lowest BCUT2D eigenvalue weighted by atomic mass is 10.1. The molecule has 1 aromatic rings. The first-order chi connectivity index (χ1) is 8.59. The van der Waals surface area contributed by atoms with Crippen LogP contribution in [0.1, 0.15) is 23.2 Å². The third-order valence-electron chi connectivity index (χ3n) is 2.87. The van der Waals surface area contributed by atoms with Crippen LogP contribution in [0, 0.1) is 5.92 Å². The fourth-order valence-corrected chi connectivity index (χ4v) is 2.11. The number of nitrogens with one attached hydrogen (secondary N) is 1. The minimum Gasteiger partial charge on any atom is -0.478 e. The Morgan fingerprint density at radius 1 is 1.28 bits per heavy atom. The van der Waals surface area contributed by atoms with Crippen LogP contribution in [0.2, 0.25) is 5.02 Å². The Kier molecular flexibility index (Phi) is 3.67. The number of anilines is 1. The standard InChI is InChI=1S/C13H12ClNO3/c14-10-7-3-6-9(13(17)18)11(10)15-12(16)8-4-1-2-5-8/h1-3,6-8H,4-5H2,(H,15,16)(H,17,18). The number of halogens is 1. The van der Waals surface area contributed by atoms with E-state index in [1.165, 1.54) is 6.07 Å². The van der Waals surface area contributed by atoms with Crippen molar-refractivity contribution >= 4 is 29.2 Å². The highest BCUT2D eigenvalue weighted by Crippen LogP contribution is 2.28. The van der Waals surface area contributed by atoms with Gasteiger partial charge in [0, 0.05) is 5.92 Å². The lowest BCUT2D eigenvalue weighted by Gasteiger charge is -2.13. The molecule has 2 N–H and O–H groups in total. The van der Waals surface area contributed by atoms with Gasteiger partial charge in [-0.1, -0.05) is 29.8 Å². The predicted octanol–water partition coefficient (Wildman–Crippen LogP) is 2.94.